The highest BCUT2D eigenvalue weighted by Gasteiger charge is 2.63. The van der Waals surface area contributed by atoms with Crippen molar-refractivity contribution in [3.8, 4) is 39.3 Å². The lowest BCUT2D eigenvalue weighted by Crippen LogP contribution is -2.66. The first kappa shape index (κ1) is 48.3. The van der Waals surface area contributed by atoms with Crippen LogP contribution in [0.1, 0.15) is 106 Å². The standard InChI is InChI=1S/C56H62N8O5S/c1-34(2)51(53(67)63-23-9-10-45(63)46(65)19-13-37-11-14-38(15-12-37)52-36(4)60-33-70-52)64-30-42(29-61-64)39-21-22-58-50(25-39)68-44-31-62(32-44)49-20-17-41(28-59-49)47(66)26-48-55(5,6)54(56(48,7)8)69-43-18-16-40(27-57)35(3)24-43/h11-12,14-18,20-22,24-25,28-30,33-34,44-45,48,51,54H,9-10,13,19,23,26,31-32H2,1-8H3/t45-,48?,51-,54?/m0/s1. The topological polar surface area (TPSA) is 156 Å². The SMILES string of the molecule is Cc1cc(OC2C(C)(C)C(CC(=O)c3ccc(N4CC(Oc5cc(-c6cnn([C@H](C(=O)N7CCC[C@H]7C(=O)CCc7ccc(-c8scnc8C)cc7)C(C)C)c6)ccn5)C4)nc3)C2(C)C)ccc1C#N. The molecule has 13 nitrogen and oxygen atoms in total. The van der Waals surface area contributed by atoms with Gasteiger partial charge < -0.3 is 19.3 Å². The Morgan fingerprint density at radius 1 is 0.886 bits per heavy atom. The lowest BCUT2D eigenvalue weighted by molar-refractivity contribution is -0.196. The zero-order valence-corrected chi connectivity index (χ0v) is 42.2. The second-order valence-corrected chi connectivity index (χ2v) is 21.7. The van der Waals surface area contributed by atoms with Crippen molar-refractivity contribution >= 4 is 34.6 Å². The number of nitriles is 1. The Hall–Kier alpha value is -6.72. The normalized spacial score (nSPS) is 19.8. The summed E-state index contributed by atoms with van der Waals surface area (Å²) >= 11 is 1.63. The van der Waals surface area contributed by atoms with E-state index in [4.69, 9.17) is 14.6 Å². The minimum atomic E-state index is -0.564. The van der Waals surface area contributed by atoms with Gasteiger partial charge in [-0.1, -0.05) is 65.8 Å². The van der Waals surface area contributed by atoms with Gasteiger partial charge in [0, 0.05) is 66.0 Å². The Labute approximate surface area is 414 Å². The molecule has 70 heavy (non-hydrogen) atoms. The van der Waals surface area contributed by atoms with Gasteiger partial charge in [0.1, 0.15) is 29.8 Å². The molecule has 9 rings (SSSR count). The maximum Gasteiger partial charge on any atom is 0.248 e. The predicted octanol–water partition coefficient (Wildman–Crippen LogP) is 10.3. The fourth-order valence-electron chi connectivity index (χ4n) is 11.3. The van der Waals surface area contributed by atoms with E-state index in [1.165, 1.54) is 0 Å². The summed E-state index contributed by atoms with van der Waals surface area (Å²) in [5.41, 5.74) is 8.42. The molecule has 2 aliphatic heterocycles. The van der Waals surface area contributed by atoms with E-state index in [2.05, 4.69) is 77.9 Å². The van der Waals surface area contributed by atoms with Crippen molar-refractivity contribution in [3.05, 3.63) is 125 Å². The van der Waals surface area contributed by atoms with Crippen LogP contribution >= 0.6 is 11.3 Å². The zero-order valence-electron chi connectivity index (χ0n) is 41.4. The number of aryl methyl sites for hydroxylation is 3. The van der Waals surface area contributed by atoms with Gasteiger partial charge in [-0.05, 0) is 104 Å². The quantitative estimate of drug-likeness (QED) is 0.0802. The highest BCUT2D eigenvalue weighted by atomic mass is 32.1. The van der Waals surface area contributed by atoms with Gasteiger partial charge in [0.15, 0.2) is 11.6 Å². The largest absolute Gasteiger partial charge is 0.489 e. The molecule has 3 aliphatic rings. The molecule has 0 bridgehead atoms. The third-order valence-corrected chi connectivity index (χ3v) is 16.0. The molecule has 3 fully saturated rings. The lowest BCUT2D eigenvalue weighted by atomic mass is 9.44. The fraction of sp³-hybridized carbons (Fsp3) is 0.429. The third-order valence-electron chi connectivity index (χ3n) is 15.0. The van der Waals surface area contributed by atoms with Crippen LogP contribution < -0.4 is 14.4 Å². The van der Waals surface area contributed by atoms with Crippen LogP contribution in [0.3, 0.4) is 0 Å². The summed E-state index contributed by atoms with van der Waals surface area (Å²) in [4.78, 5) is 60.2. The fourth-order valence-corrected chi connectivity index (χ4v) is 12.1. The van der Waals surface area contributed by atoms with Crippen molar-refractivity contribution in [2.75, 3.05) is 24.5 Å². The second-order valence-electron chi connectivity index (χ2n) is 20.9. The summed E-state index contributed by atoms with van der Waals surface area (Å²) < 4.78 is 14.6. The van der Waals surface area contributed by atoms with E-state index in [1.807, 2.05) is 75.8 Å². The van der Waals surface area contributed by atoms with E-state index in [0.29, 0.717) is 62.3 Å². The van der Waals surface area contributed by atoms with Crippen molar-refractivity contribution < 1.29 is 23.9 Å². The van der Waals surface area contributed by atoms with Crippen LogP contribution in [-0.4, -0.2) is 85.0 Å². The molecule has 0 spiro atoms. The number of rotatable bonds is 17. The smallest absolute Gasteiger partial charge is 0.248 e. The minimum Gasteiger partial charge on any atom is -0.489 e. The van der Waals surface area contributed by atoms with E-state index < -0.39 is 12.1 Å². The maximum atomic E-state index is 14.3. The second kappa shape index (κ2) is 19.6. The van der Waals surface area contributed by atoms with Crippen LogP contribution in [0.4, 0.5) is 5.82 Å². The Bertz CT molecular complexity index is 2910. The molecular formula is C56H62N8O5S. The zero-order chi connectivity index (χ0) is 49.5. The highest BCUT2D eigenvalue weighted by molar-refractivity contribution is 7.13. The lowest BCUT2D eigenvalue weighted by Gasteiger charge is -2.63. The van der Waals surface area contributed by atoms with Crippen LogP contribution in [0.15, 0.2) is 97.0 Å². The molecule has 14 heteroatoms. The number of Topliss-reactive ketones (excluding diaryl/α,β-unsaturated/α-hetero) is 2. The molecule has 4 aromatic heterocycles. The number of hydrogen-bond donors (Lipinski definition) is 0. The molecule has 0 N–H and O–H groups in total. The summed E-state index contributed by atoms with van der Waals surface area (Å²) in [6.45, 7) is 18.4. The van der Waals surface area contributed by atoms with Gasteiger partial charge in [-0.15, -0.1) is 11.3 Å². The minimum absolute atomic E-state index is 0.0603. The van der Waals surface area contributed by atoms with Crippen molar-refractivity contribution in [2.24, 2.45) is 22.7 Å². The molecule has 2 aromatic carbocycles. The molecule has 0 unspecified atom stereocenters. The Balaban J connectivity index is 0.762. The molecule has 2 atom stereocenters. The van der Waals surface area contributed by atoms with Gasteiger partial charge >= 0.3 is 0 Å². The van der Waals surface area contributed by atoms with Gasteiger partial charge in [0.2, 0.25) is 11.8 Å². The number of likely N-dealkylation sites (tertiary alicyclic amines) is 1. The van der Waals surface area contributed by atoms with Gasteiger partial charge in [0.25, 0.3) is 0 Å². The van der Waals surface area contributed by atoms with E-state index in [9.17, 15) is 19.6 Å². The summed E-state index contributed by atoms with van der Waals surface area (Å²) in [5.74, 6) is 2.14. The molecule has 1 saturated carbocycles. The average Bonchev–Trinajstić information content (AvgIpc) is 4.13. The summed E-state index contributed by atoms with van der Waals surface area (Å²) in [5, 5.41) is 14.0. The van der Waals surface area contributed by atoms with Crippen LogP contribution in [0.5, 0.6) is 11.6 Å². The number of carbonyl (C=O) groups is 3. The molecule has 1 aliphatic carbocycles. The first-order valence-electron chi connectivity index (χ1n) is 24.4. The van der Waals surface area contributed by atoms with E-state index in [1.54, 1.807) is 45.6 Å². The van der Waals surface area contributed by atoms with Crippen LogP contribution in [0, 0.1) is 47.8 Å². The van der Waals surface area contributed by atoms with Gasteiger partial charge in [0.05, 0.1) is 53.0 Å². The number of ether oxygens (including phenoxy) is 2. The number of pyridine rings is 2. The number of benzene rings is 2. The molecular weight excluding hydrogens is 897 g/mol. The van der Waals surface area contributed by atoms with E-state index in [0.717, 1.165) is 56.4 Å². The number of ketones is 2. The molecule has 1 amide bonds. The predicted molar refractivity (Wildman–Crippen MR) is 271 cm³/mol. The van der Waals surface area contributed by atoms with Crippen molar-refractivity contribution in [1.29, 1.82) is 5.26 Å². The van der Waals surface area contributed by atoms with E-state index in [-0.39, 0.29) is 52.3 Å². The number of hydrogen-bond acceptors (Lipinski definition) is 12. The number of nitrogens with zero attached hydrogens (tertiary/aromatic N) is 8. The van der Waals surface area contributed by atoms with Crippen molar-refractivity contribution in [1.82, 2.24) is 29.6 Å². The number of aromatic nitrogens is 5. The molecule has 6 heterocycles. The molecule has 2 saturated heterocycles. The van der Waals surface area contributed by atoms with Crippen LogP contribution in [0.2, 0.25) is 0 Å². The third kappa shape index (κ3) is 9.60. The van der Waals surface area contributed by atoms with Crippen molar-refractivity contribution in [2.45, 2.75) is 112 Å². The number of amides is 1. The van der Waals surface area contributed by atoms with Gasteiger partial charge in [-0.25, -0.2) is 15.0 Å². The molecule has 0 radical (unpaired) electrons. The number of carbonyl (C=O) groups excluding carboxylic acids is 3. The van der Waals surface area contributed by atoms with E-state index >= 15 is 0 Å². The Kier molecular flexibility index (Phi) is 13.5. The van der Waals surface area contributed by atoms with Gasteiger partial charge in [-0.3, -0.25) is 19.1 Å². The highest BCUT2D eigenvalue weighted by Crippen LogP contribution is 2.61. The molecule has 6 aromatic rings. The number of anilines is 1. The number of thiazole rings is 1. The first-order valence-corrected chi connectivity index (χ1v) is 25.3. The van der Waals surface area contributed by atoms with Gasteiger partial charge in [-0.2, -0.15) is 10.4 Å². The Morgan fingerprint density at radius 2 is 1.66 bits per heavy atom. The average molecular weight is 959 g/mol. The van der Waals surface area contributed by atoms with Crippen LogP contribution in [-0.2, 0) is 16.0 Å². The molecule has 362 valence electrons. The summed E-state index contributed by atoms with van der Waals surface area (Å²) in [6.07, 6.45) is 9.73. The van der Waals surface area contributed by atoms with Crippen molar-refractivity contribution in [3.63, 3.8) is 0 Å². The first-order chi connectivity index (χ1) is 33.5. The summed E-state index contributed by atoms with van der Waals surface area (Å²) in [6, 6.07) is 22.7. The monoisotopic (exact) mass is 958 g/mol. The Morgan fingerprint density at radius 3 is 2.33 bits per heavy atom. The van der Waals surface area contributed by atoms with Crippen LogP contribution in [0.25, 0.3) is 21.6 Å². The summed E-state index contributed by atoms with van der Waals surface area (Å²) in [7, 11) is 0. The maximum absolute atomic E-state index is 14.3.